The molecule has 21 heavy (non-hydrogen) atoms. The van der Waals surface area contributed by atoms with Gasteiger partial charge in [-0.05, 0) is 37.5 Å². The summed E-state index contributed by atoms with van der Waals surface area (Å²) in [6.07, 6.45) is -2.76. The number of nitrogens with one attached hydrogen (secondary N) is 1. The number of methoxy groups -OCH3 is 1. The molecule has 1 N–H and O–H groups in total. The van der Waals surface area contributed by atoms with Crippen LogP contribution in [0, 0.1) is 0 Å². The lowest BCUT2D eigenvalue weighted by atomic mass is 9.97. The van der Waals surface area contributed by atoms with E-state index in [1.54, 1.807) is 6.92 Å². The first kappa shape index (κ1) is 17.3. The Morgan fingerprint density at radius 2 is 1.95 bits per heavy atom. The van der Waals surface area contributed by atoms with E-state index >= 15 is 0 Å². The number of rotatable bonds is 6. The van der Waals surface area contributed by atoms with Crippen LogP contribution in [0.4, 0.5) is 18.9 Å². The molecule has 3 nitrogen and oxygen atoms in total. The lowest BCUT2D eigenvalue weighted by Gasteiger charge is -2.18. The molecule has 0 saturated heterocycles. The number of carbonyl (C=O) groups is 1. The second kappa shape index (κ2) is 7.33. The van der Waals surface area contributed by atoms with E-state index in [9.17, 15) is 18.0 Å². The Morgan fingerprint density at radius 1 is 1.29 bits per heavy atom. The molecule has 0 saturated carbocycles. The Balaban J connectivity index is 3.41. The first-order valence-corrected chi connectivity index (χ1v) is 6.91. The number of hydrogen-bond acceptors (Lipinski definition) is 3. The minimum atomic E-state index is -4.44. The predicted octanol–water partition coefficient (Wildman–Crippen LogP) is 4.27. The van der Waals surface area contributed by atoms with Gasteiger partial charge in [0, 0.05) is 12.2 Å². The summed E-state index contributed by atoms with van der Waals surface area (Å²) in [6, 6.07) is 2.29. The lowest BCUT2D eigenvalue weighted by Crippen LogP contribution is -2.15. The van der Waals surface area contributed by atoms with Crippen molar-refractivity contribution in [3.63, 3.8) is 0 Å². The van der Waals surface area contributed by atoms with Crippen LogP contribution >= 0.6 is 0 Å². The monoisotopic (exact) mass is 303 g/mol. The molecule has 1 aromatic rings. The smallest absolute Gasteiger partial charge is 0.416 e. The quantitative estimate of drug-likeness (QED) is 0.798. The van der Waals surface area contributed by atoms with Gasteiger partial charge >= 0.3 is 12.1 Å². The largest absolute Gasteiger partial charge is 0.465 e. The van der Waals surface area contributed by atoms with E-state index in [0.29, 0.717) is 13.0 Å². The van der Waals surface area contributed by atoms with E-state index in [-0.39, 0.29) is 23.2 Å². The van der Waals surface area contributed by atoms with Gasteiger partial charge < -0.3 is 10.1 Å². The number of hydrogen-bond donors (Lipinski definition) is 1. The van der Waals surface area contributed by atoms with Crippen LogP contribution in [-0.2, 0) is 17.3 Å². The molecule has 118 valence electrons. The average molecular weight is 303 g/mol. The fourth-order valence-corrected chi connectivity index (χ4v) is 2.10. The van der Waals surface area contributed by atoms with Crippen molar-refractivity contribution in [2.45, 2.75) is 39.3 Å². The predicted molar refractivity (Wildman–Crippen MR) is 75.6 cm³/mol. The van der Waals surface area contributed by atoms with Crippen molar-refractivity contribution in [1.82, 2.24) is 0 Å². The van der Waals surface area contributed by atoms with Gasteiger partial charge in [-0.15, -0.1) is 0 Å². The summed E-state index contributed by atoms with van der Waals surface area (Å²) in [5.41, 5.74) is -0.277. The molecule has 0 unspecified atom stereocenters. The number of carbonyl (C=O) groups excluding carboxylic acids is 1. The molecule has 0 aromatic heterocycles. The molecule has 0 aliphatic heterocycles. The standard InChI is InChI=1S/C15H20F3NO2/c1-4-6-7-10-8-11(14(20)21-3)13(19-5-2)9-12(10)15(16,17)18/h8-9,19H,4-7H2,1-3H3. The highest BCUT2D eigenvalue weighted by atomic mass is 19.4. The summed E-state index contributed by atoms with van der Waals surface area (Å²) < 4.78 is 44.1. The maximum absolute atomic E-state index is 13.2. The fourth-order valence-electron chi connectivity index (χ4n) is 2.10. The van der Waals surface area contributed by atoms with Gasteiger partial charge in [-0.2, -0.15) is 13.2 Å². The summed E-state index contributed by atoms with van der Waals surface area (Å²) in [7, 11) is 1.21. The van der Waals surface area contributed by atoms with Crippen LogP contribution in [-0.4, -0.2) is 19.6 Å². The van der Waals surface area contributed by atoms with Crippen LogP contribution in [0.3, 0.4) is 0 Å². The van der Waals surface area contributed by atoms with Crippen molar-refractivity contribution in [1.29, 1.82) is 0 Å². The van der Waals surface area contributed by atoms with Gasteiger partial charge in [0.05, 0.1) is 18.2 Å². The fraction of sp³-hybridized carbons (Fsp3) is 0.533. The zero-order valence-electron chi connectivity index (χ0n) is 12.4. The zero-order chi connectivity index (χ0) is 16.0. The molecule has 0 atom stereocenters. The van der Waals surface area contributed by atoms with Crippen molar-refractivity contribution >= 4 is 11.7 Å². The minimum Gasteiger partial charge on any atom is -0.465 e. The van der Waals surface area contributed by atoms with E-state index < -0.39 is 17.7 Å². The van der Waals surface area contributed by atoms with Crippen molar-refractivity contribution < 1.29 is 22.7 Å². The summed E-state index contributed by atoms with van der Waals surface area (Å²) in [6.45, 7) is 4.07. The van der Waals surface area contributed by atoms with Crippen LogP contribution in [0.25, 0.3) is 0 Å². The van der Waals surface area contributed by atoms with Crippen molar-refractivity contribution in [3.05, 3.63) is 28.8 Å². The lowest BCUT2D eigenvalue weighted by molar-refractivity contribution is -0.138. The average Bonchev–Trinajstić information content (AvgIpc) is 2.43. The Hall–Kier alpha value is -1.72. The molecule has 0 fully saturated rings. The first-order valence-electron chi connectivity index (χ1n) is 6.91. The van der Waals surface area contributed by atoms with Gasteiger partial charge in [-0.3, -0.25) is 0 Å². The molecule has 1 aromatic carbocycles. The molecule has 0 amide bonds. The number of benzene rings is 1. The second-order valence-corrected chi connectivity index (χ2v) is 4.68. The van der Waals surface area contributed by atoms with E-state index in [1.165, 1.54) is 13.2 Å². The molecular weight excluding hydrogens is 283 g/mol. The maximum atomic E-state index is 13.2. The Morgan fingerprint density at radius 3 is 2.43 bits per heavy atom. The highest BCUT2D eigenvalue weighted by molar-refractivity contribution is 5.96. The van der Waals surface area contributed by atoms with E-state index in [2.05, 4.69) is 10.1 Å². The van der Waals surface area contributed by atoms with Crippen LogP contribution in [0.2, 0.25) is 0 Å². The third-order valence-electron chi connectivity index (χ3n) is 3.12. The van der Waals surface area contributed by atoms with Gasteiger partial charge in [0.1, 0.15) is 0 Å². The number of anilines is 1. The molecule has 0 spiro atoms. The highest BCUT2D eigenvalue weighted by Crippen LogP contribution is 2.36. The molecule has 0 aliphatic rings. The summed E-state index contributed by atoms with van der Waals surface area (Å²) in [4.78, 5) is 11.8. The van der Waals surface area contributed by atoms with E-state index in [1.807, 2.05) is 6.92 Å². The molecule has 0 bridgehead atoms. The maximum Gasteiger partial charge on any atom is 0.416 e. The van der Waals surface area contributed by atoms with Crippen LogP contribution in [0.15, 0.2) is 12.1 Å². The summed E-state index contributed by atoms with van der Waals surface area (Å²) in [5, 5.41) is 2.79. The Kier molecular flexibility index (Phi) is 6.05. The molecular formula is C15H20F3NO2. The number of alkyl halides is 3. The first-order chi connectivity index (χ1) is 9.85. The van der Waals surface area contributed by atoms with Crippen LogP contribution < -0.4 is 5.32 Å². The summed E-state index contributed by atoms with van der Waals surface area (Å²) >= 11 is 0. The van der Waals surface area contributed by atoms with Gasteiger partial charge in [-0.1, -0.05) is 13.3 Å². The highest BCUT2D eigenvalue weighted by Gasteiger charge is 2.34. The second-order valence-electron chi connectivity index (χ2n) is 4.68. The van der Waals surface area contributed by atoms with Gasteiger partial charge in [0.2, 0.25) is 0 Å². The van der Waals surface area contributed by atoms with Gasteiger partial charge in [-0.25, -0.2) is 4.79 Å². The Labute approximate surface area is 122 Å². The zero-order valence-corrected chi connectivity index (χ0v) is 12.4. The minimum absolute atomic E-state index is 0.131. The molecule has 0 aliphatic carbocycles. The molecule has 0 heterocycles. The van der Waals surface area contributed by atoms with E-state index in [4.69, 9.17) is 0 Å². The van der Waals surface area contributed by atoms with Gasteiger partial charge in [0.15, 0.2) is 0 Å². The van der Waals surface area contributed by atoms with Crippen molar-refractivity contribution in [2.75, 3.05) is 19.0 Å². The van der Waals surface area contributed by atoms with Crippen molar-refractivity contribution in [2.24, 2.45) is 0 Å². The topological polar surface area (TPSA) is 38.3 Å². The number of unbranched alkanes of at least 4 members (excludes halogenated alkanes) is 1. The SMILES string of the molecule is CCCCc1cc(C(=O)OC)c(NCC)cc1C(F)(F)F. The van der Waals surface area contributed by atoms with Crippen molar-refractivity contribution in [3.8, 4) is 0 Å². The third kappa shape index (κ3) is 4.37. The normalized spacial score (nSPS) is 11.3. The third-order valence-corrected chi connectivity index (χ3v) is 3.12. The number of ether oxygens (including phenoxy) is 1. The summed E-state index contributed by atoms with van der Waals surface area (Å²) in [5.74, 6) is -0.641. The molecule has 6 heteroatoms. The number of halogens is 3. The molecule has 0 radical (unpaired) electrons. The Bertz CT molecular complexity index is 498. The molecule has 1 rings (SSSR count). The number of aryl methyl sites for hydroxylation is 1. The van der Waals surface area contributed by atoms with Crippen LogP contribution in [0.1, 0.15) is 48.2 Å². The van der Waals surface area contributed by atoms with E-state index in [0.717, 1.165) is 12.5 Å². The number of esters is 1. The van der Waals surface area contributed by atoms with Gasteiger partial charge in [0.25, 0.3) is 0 Å². The van der Waals surface area contributed by atoms with Crippen LogP contribution in [0.5, 0.6) is 0 Å².